The van der Waals surface area contributed by atoms with Crippen LogP contribution in [0.4, 0.5) is 5.69 Å². The van der Waals surface area contributed by atoms with Crippen molar-refractivity contribution in [2.75, 3.05) is 37.6 Å². The van der Waals surface area contributed by atoms with E-state index < -0.39 is 0 Å². The van der Waals surface area contributed by atoms with Crippen LogP contribution < -0.4 is 4.90 Å². The van der Waals surface area contributed by atoms with Crippen LogP contribution in [-0.2, 0) is 9.59 Å². The Balaban J connectivity index is 1.59. The molecule has 0 aliphatic carbocycles. The summed E-state index contributed by atoms with van der Waals surface area (Å²) < 4.78 is 0. The fourth-order valence-corrected chi connectivity index (χ4v) is 4.70. The van der Waals surface area contributed by atoms with Gasteiger partial charge < -0.3 is 9.80 Å². The zero-order valence-electron chi connectivity index (χ0n) is 16.4. The molecule has 2 aliphatic rings. The normalized spacial score (nSPS) is 17.9. The molecule has 0 bridgehead atoms. The summed E-state index contributed by atoms with van der Waals surface area (Å²) in [5.41, 5.74) is 3.63. The van der Waals surface area contributed by atoms with Gasteiger partial charge in [0.2, 0.25) is 0 Å². The zero-order valence-corrected chi connectivity index (χ0v) is 17.2. The van der Waals surface area contributed by atoms with Gasteiger partial charge in [-0.3, -0.25) is 14.5 Å². The van der Waals surface area contributed by atoms with E-state index in [4.69, 9.17) is 0 Å². The molecule has 1 aromatic heterocycles. The molecule has 0 unspecified atom stereocenters. The van der Waals surface area contributed by atoms with Crippen molar-refractivity contribution >= 4 is 34.4 Å². The number of amides is 2. The second-order valence-electron chi connectivity index (χ2n) is 7.28. The van der Waals surface area contributed by atoms with Crippen molar-refractivity contribution in [3.05, 3.63) is 57.9 Å². The number of nitrogens with zero attached hydrogens (tertiary/aromatic N) is 3. The highest BCUT2D eigenvalue weighted by Gasteiger charge is 2.42. The van der Waals surface area contributed by atoms with Gasteiger partial charge in [-0.05, 0) is 42.5 Å². The minimum absolute atomic E-state index is 0.140. The molecule has 0 radical (unpaired) electrons. The molecule has 1 fully saturated rings. The SMILES string of the molecule is CCCN1C(=O)C(c2cccs2)=C(N2CCN(c3cccc(C)c3)CC2)C1=O. The summed E-state index contributed by atoms with van der Waals surface area (Å²) in [4.78, 5) is 32.9. The Morgan fingerprint density at radius 3 is 2.36 bits per heavy atom. The molecule has 1 saturated heterocycles. The number of carbonyl (C=O) groups is 2. The molecule has 5 nitrogen and oxygen atoms in total. The molecule has 28 heavy (non-hydrogen) atoms. The predicted octanol–water partition coefficient (Wildman–Crippen LogP) is 3.37. The maximum Gasteiger partial charge on any atom is 0.277 e. The van der Waals surface area contributed by atoms with Crippen molar-refractivity contribution in [2.45, 2.75) is 20.3 Å². The van der Waals surface area contributed by atoms with Crippen LogP contribution in [-0.4, -0.2) is 54.3 Å². The van der Waals surface area contributed by atoms with Crippen LogP contribution in [0.1, 0.15) is 23.8 Å². The molecule has 6 heteroatoms. The number of carbonyl (C=O) groups excluding carboxylic acids is 2. The largest absolute Gasteiger partial charge is 0.368 e. The van der Waals surface area contributed by atoms with Crippen molar-refractivity contribution in [1.29, 1.82) is 0 Å². The fourth-order valence-electron chi connectivity index (χ4n) is 3.94. The summed E-state index contributed by atoms with van der Waals surface area (Å²) in [5, 5.41) is 1.95. The van der Waals surface area contributed by atoms with E-state index in [9.17, 15) is 9.59 Å². The third-order valence-electron chi connectivity index (χ3n) is 5.32. The molecule has 0 atom stereocenters. The van der Waals surface area contributed by atoms with E-state index in [-0.39, 0.29) is 11.8 Å². The Morgan fingerprint density at radius 2 is 1.71 bits per heavy atom. The summed E-state index contributed by atoms with van der Waals surface area (Å²) in [5.74, 6) is -0.287. The molecular formula is C22H25N3O2S. The Kier molecular flexibility index (Phi) is 5.22. The van der Waals surface area contributed by atoms with Crippen LogP contribution in [0.2, 0.25) is 0 Å². The number of piperazine rings is 1. The lowest BCUT2D eigenvalue weighted by atomic mass is 10.1. The van der Waals surface area contributed by atoms with E-state index >= 15 is 0 Å². The summed E-state index contributed by atoms with van der Waals surface area (Å²) >= 11 is 1.52. The van der Waals surface area contributed by atoms with Crippen molar-refractivity contribution in [3.63, 3.8) is 0 Å². The van der Waals surface area contributed by atoms with Gasteiger partial charge in [-0.25, -0.2) is 0 Å². The van der Waals surface area contributed by atoms with E-state index in [1.807, 2.05) is 24.4 Å². The van der Waals surface area contributed by atoms with Crippen LogP contribution in [0.25, 0.3) is 5.57 Å². The summed E-state index contributed by atoms with van der Waals surface area (Å²) in [6.07, 6.45) is 0.767. The summed E-state index contributed by atoms with van der Waals surface area (Å²) in [7, 11) is 0. The summed E-state index contributed by atoms with van der Waals surface area (Å²) in [6, 6.07) is 12.4. The number of rotatable bonds is 5. The van der Waals surface area contributed by atoms with Crippen LogP contribution in [0.15, 0.2) is 47.5 Å². The lowest BCUT2D eigenvalue weighted by molar-refractivity contribution is -0.137. The van der Waals surface area contributed by atoms with Crippen LogP contribution >= 0.6 is 11.3 Å². The lowest BCUT2D eigenvalue weighted by Gasteiger charge is -2.37. The summed E-state index contributed by atoms with van der Waals surface area (Å²) in [6.45, 7) is 7.69. The van der Waals surface area contributed by atoms with Crippen molar-refractivity contribution < 1.29 is 9.59 Å². The first-order valence-electron chi connectivity index (χ1n) is 9.81. The van der Waals surface area contributed by atoms with Gasteiger partial charge in [0.25, 0.3) is 11.8 Å². The standard InChI is InChI=1S/C22H25N3O2S/c1-3-9-25-21(26)19(18-8-5-14-28-18)20(22(25)27)24-12-10-23(11-13-24)17-7-4-6-16(2)15-17/h4-8,14-15H,3,9-13H2,1-2H3. The Labute approximate surface area is 169 Å². The van der Waals surface area contributed by atoms with E-state index in [1.54, 1.807) is 0 Å². The fraction of sp³-hybridized carbons (Fsp3) is 0.364. The average Bonchev–Trinajstić information content (AvgIpc) is 3.31. The van der Waals surface area contributed by atoms with Gasteiger partial charge >= 0.3 is 0 Å². The monoisotopic (exact) mass is 395 g/mol. The van der Waals surface area contributed by atoms with Crippen molar-refractivity contribution in [1.82, 2.24) is 9.80 Å². The second kappa shape index (κ2) is 7.80. The van der Waals surface area contributed by atoms with Gasteiger partial charge in [0.05, 0.1) is 5.57 Å². The number of benzene rings is 1. The minimum Gasteiger partial charge on any atom is -0.368 e. The van der Waals surface area contributed by atoms with Gasteiger partial charge in [0.1, 0.15) is 5.70 Å². The van der Waals surface area contributed by atoms with Crippen LogP contribution in [0, 0.1) is 6.92 Å². The van der Waals surface area contributed by atoms with E-state index in [2.05, 4.69) is 41.0 Å². The topological polar surface area (TPSA) is 43.9 Å². The highest BCUT2D eigenvalue weighted by molar-refractivity contribution is 7.11. The maximum atomic E-state index is 13.1. The first-order valence-corrected chi connectivity index (χ1v) is 10.7. The maximum absolute atomic E-state index is 13.1. The minimum atomic E-state index is -0.148. The third kappa shape index (κ3) is 3.33. The highest BCUT2D eigenvalue weighted by atomic mass is 32.1. The molecule has 0 spiro atoms. The van der Waals surface area contributed by atoms with E-state index in [1.165, 1.54) is 27.5 Å². The smallest absolute Gasteiger partial charge is 0.277 e. The Bertz CT molecular complexity index is 912. The molecule has 2 amide bonds. The predicted molar refractivity (Wildman–Crippen MR) is 113 cm³/mol. The van der Waals surface area contributed by atoms with Gasteiger partial charge in [0.15, 0.2) is 0 Å². The zero-order chi connectivity index (χ0) is 19.7. The van der Waals surface area contributed by atoms with Gasteiger partial charge in [0, 0.05) is 43.3 Å². The molecular weight excluding hydrogens is 370 g/mol. The molecule has 2 aromatic rings. The Hall–Kier alpha value is -2.60. The molecule has 0 N–H and O–H groups in total. The molecule has 3 heterocycles. The number of anilines is 1. The molecule has 1 aromatic carbocycles. The van der Waals surface area contributed by atoms with Crippen molar-refractivity contribution in [3.8, 4) is 0 Å². The van der Waals surface area contributed by atoms with Gasteiger partial charge in [-0.1, -0.05) is 25.1 Å². The van der Waals surface area contributed by atoms with Crippen LogP contribution in [0.3, 0.4) is 0 Å². The van der Waals surface area contributed by atoms with Gasteiger partial charge in [-0.2, -0.15) is 0 Å². The first kappa shape index (κ1) is 18.7. The van der Waals surface area contributed by atoms with Gasteiger partial charge in [-0.15, -0.1) is 11.3 Å². The molecule has 2 aliphatic heterocycles. The number of hydrogen-bond acceptors (Lipinski definition) is 5. The van der Waals surface area contributed by atoms with E-state index in [0.29, 0.717) is 17.8 Å². The van der Waals surface area contributed by atoms with E-state index in [0.717, 1.165) is 37.5 Å². The number of hydrogen-bond donors (Lipinski definition) is 0. The first-order chi connectivity index (χ1) is 13.6. The third-order valence-corrected chi connectivity index (χ3v) is 6.21. The average molecular weight is 396 g/mol. The van der Waals surface area contributed by atoms with Crippen LogP contribution in [0.5, 0.6) is 0 Å². The lowest BCUT2D eigenvalue weighted by Crippen LogP contribution is -2.47. The molecule has 0 saturated carbocycles. The highest BCUT2D eigenvalue weighted by Crippen LogP contribution is 2.34. The number of aryl methyl sites for hydroxylation is 1. The molecule has 4 rings (SSSR count). The van der Waals surface area contributed by atoms with Crippen molar-refractivity contribution in [2.24, 2.45) is 0 Å². The Morgan fingerprint density at radius 1 is 0.964 bits per heavy atom. The molecule has 146 valence electrons. The quantitative estimate of drug-likeness (QED) is 0.728. The number of imide groups is 1. The number of thiophene rings is 1. The second-order valence-corrected chi connectivity index (χ2v) is 8.22.